The highest BCUT2D eigenvalue weighted by molar-refractivity contribution is 5.83. The smallest absolute Gasteiger partial charge is 0.326 e. The van der Waals surface area contributed by atoms with Crippen molar-refractivity contribution >= 4 is 5.97 Å². The molecule has 0 aromatic heterocycles. The lowest BCUT2D eigenvalue weighted by atomic mass is 9.78. The van der Waals surface area contributed by atoms with Gasteiger partial charge in [-0.3, -0.25) is 4.79 Å². The Morgan fingerprint density at radius 2 is 1.94 bits per heavy atom. The normalized spacial score (nSPS) is 20.9. The summed E-state index contributed by atoms with van der Waals surface area (Å²) in [5.74, 6) is -0.339. The fourth-order valence-corrected chi connectivity index (χ4v) is 2.40. The van der Waals surface area contributed by atoms with E-state index in [1.807, 2.05) is 30.3 Å². The molecule has 1 aromatic carbocycles. The second-order valence-electron chi connectivity index (χ2n) is 4.64. The summed E-state index contributed by atoms with van der Waals surface area (Å²) in [6.07, 6.45) is 1.89. The van der Waals surface area contributed by atoms with Gasteiger partial charge in [0.05, 0.1) is 7.11 Å². The van der Waals surface area contributed by atoms with Crippen LogP contribution in [0.25, 0.3) is 0 Å². The first-order valence-corrected chi connectivity index (χ1v) is 5.47. The van der Waals surface area contributed by atoms with Gasteiger partial charge in [0.15, 0.2) is 0 Å². The molecule has 3 heteroatoms. The van der Waals surface area contributed by atoms with Crippen molar-refractivity contribution in [3.8, 4) is 0 Å². The van der Waals surface area contributed by atoms with Crippen LogP contribution in [0.15, 0.2) is 30.3 Å². The molecular formula is C13H17NO2. The molecule has 86 valence electrons. The molecule has 2 N–H and O–H groups in total. The summed E-state index contributed by atoms with van der Waals surface area (Å²) in [6, 6.07) is 9.97. The van der Waals surface area contributed by atoms with Crippen LogP contribution in [0.4, 0.5) is 0 Å². The zero-order valence-corrected chi connectivity index (χ0v) is 9.69. The largest absolute Gasteiger partial charge is 0.468 e. The Labute approximate surface area is 95.6 Å². The van der Waals surface area contributed by atoms with Crippen molar-refractivity contribution in [1.29, 1.82) is 0 Å². The summed E-state index contributed by atoms with van der Waals surface area (Å²) in [5.41, 5.74) is 6.12. The van der Waals surface area contributed by atoms with Gasteiger partial charge >= 0.3 is 5.97 Å². The van der Waals surface area contributed by atoms with Gasteiger partial charge in [0.2, 0.25) is 0 Å². The predicted octanol–water partition coefficient (Wildman–Crippen LogP) is 1.61. The Morgan fingerprint density at radius 1 is 1.38 bits per heavy atom. The Balaban J connectivity index is 2.37. The number of hydrogen-bond donors (Lipinski definition) is 1. The molecule has 0 radical (unpaired) electrons. The van der Waals surface area contributed by atoms with Crippen LogP contribution in [0.3, 0.4) is 0 Å². The van der Waals surface area contributed by atoms with Crippen molar-refractivity contribution < 1.29 is 9.53 Å². The molecule has 1 unspecified atom stereocenters. The van der Waals surface area contributed by atoms with E-state index in [-0.39, 0.29) is 11.4 Å². The standard InChI is InChI=1S/C13H17NO2/c1-12(14,11(15)16-2)13(8-9-13)10-6-4-3-5-7-10/h3-7H,8-9,14H2,1-2H3. The van der Waals surface area contributed by atoms with E-state index in [9.17, 15) is 4.79 Å². The van der Waals surface area contributed by atoms with Gasteiger partial charge in [-0.1, -0.05) is 30.3 Å². The van der Waals surface area contributed by atoms with E-state index in [2.05, 4.69) is 0 Å². The number of nitrogens with two attached hydrogens (primary N) is 1. The highest BCUT2D eigenvalue weighted by atomic mass is 16.5. The highest BCUT2D eigenvalue weighted by Gasteiger charge is 2.60. The van der Waals surface area contributed by atoms with Gasteiger partial charge in [-0.2, -0.15) is 0 Å². The zero-order chi connectivity index (χ0) is 11.8. The van der Waals surface area contributed by atoms with Gasteiger partial charge in [-0.05, 0) is 25.3 Å². The Hall–Kier alpha value is -1.35. The summed E-state index contributed by atoms with van der Waals surface area (Å²) < 4.78 is 4.80. The Bertz CT molecular complexity index is 394. The minimum Gasteiger partial charge on any atom is -0.468 e. The van der Waals surface area contributed by atoms with Crippen molar-refractivity contribution in [2.75, 3.05) is 7.11 Å². The van der Waals surface area contributed by atoms with Gasteiger partial charge in [-0.25, -0.2) is 0 Å². The van der Waals surface area contributed by atoms with E-state index in [0.717, 1.165) is 18.4 Å². The number of hydrogen-bond acceptors (Lipinski definition) is 3. The van der Waals surface area contributed by atoms with Crippen LogP contribution >= 0.6 is 0 Å². The fourth-order valence-electron chi connectivity index (χ4n) is 2.40. The van der Waals surface area contributed by atoms with Crippen molar-refractivity contribution in [2.45, 2.75) is 30.7 Å². The monoisotopic (exact) mass is 219 g/mol. The number of rotatable bonds is 3. The molecule has 2 rings (SSSR count). The first kappa shape index (κ1) is 11.1. The fraction of sp³-hybridized carbons (Fsp3) is 0.462. The Morgan fingerprint density at radius 3 is 2.38 bits per heavy atom. The first-order valence-electron chi connectivity index (χ1n) is 5.47. The van der Waals surface area contributed by atoms with E-state index in [1.165, 1.54) is 7.11 Å². The SMILES string of the molecule is COC(=O)C(C)(N)C1(c2ccccc2)CC1. The maximum absolute atomic E-state index is 11.7. The summed E-state index contributed by atoms with van der Waals surface area (Å²) in [5, 5.41) is 0. The van der Waals surface area contributed by atoms with Crippen LogP contribution in [-0.2, 0) is 14.9 Å². The molecule has 0 amide bonds. The number of carbonyl (C=O) groups is 1. The molecule has 1 fully saturated rings. The minimum atomic E-state index is -0.941. The molecule has 0 bridgehead atoms. The second kappa shape index (κ2) is 3.59. The van der Waals surface area contributed by atoms with Gasteiger partial charge < -0.3 is 10.5 Å². The molecule has 0 saturated heterocycles. The molecule has 1 aromatic rings. The second-order valence-corrected chi connectivity index (χ2v) is 4.64. The number of esters is 1. The van der Waals surface area contributed by atoms with Gasteiger partial charge in [0, 0.05) is 5.41 Å². The quantitative estimate of drug-likeness (QED) is 0.786. The summed E-state index contributed by atoms with van der Waals surface area (Å²) >= 11 is 0. The van der Waals surface area contributed by atoms with Gasteiger partial charge in [-0.15, -0.1) is 0 Å². The maximum Gasteiger partial charge on any atom is 0.326 e. The maximum atomic E-state index is 11.7. The van der Waals surface area contributed by atoms with E-state index >= 15 is 0 Å². The lowest BCUT2D eigenvalue weighted by Crippen LogP contribution is -2.55. The van der Waals surface area contributed by atoms with Gasteiger partial charge in [0.1, 0.15) is 5.54 Å². The summed E-state index contributed by atoms with van der Waals surface area (Å²) in [7, 11) is 1.38. The molecule has 1 saturated carbocycles. The lowest BCUT2D eigenvalue weighted by Gasteiger charge is -2.32. The lowest BCUT2D eigenvalue weighted by molar-refractivity contribution is -0.147. The van der Waals surface area contributed by atoms with E-state index < -0.39 is 5.54 Å². The zero-order valence-electron chi connectivity index (χ0n) is 9.69. The predicted molar refractivity (Wildman–Crippen MR) is 62.0 cm³/mol. The van der Waals surface area contributed by atoms with E-state index in [1.54, 1.807) is 6.92 Å². The summed E-state index contributed by atoms with van der Waals surface area (Å²) in [6.45, 7) is 1.76. The molecule has 16 heavy (non-hydrogen) atoms. The highest BCUT2D eigenvalue weighted by Crippen LogP contribution is 2.55. The topological polar surface area (TPSA) is 52.3 Å². The average Bonchev–Trinajstić information content (AvgIpc) is 3.10. The molecular weight excluding hydrogens is 202 g/mol. The third-order valence-electron chi connectivity index (χ3n) is 3.68. The molecule has 3 nitrogen and oxygen atoms in total. The van der Waals surface area contributed by atoms with Gasteiger partial charge in [0.25, 0.3) is 0 Å². The number of methoxy groups -OCH3 is 1. The van der Waals surface area contributed by atoms with Crippen LogP contribution in [0.1, 0.15) is 25.3 Å². The molecule has 0 aliphatic heterocycles. The number of ether oxygens (including phenoxy) is 1. The third-order valence-corrected chi connectivity index (χ3v) is 3.68. The summed E-state index contributed by atoms with van der Waals surface area (Å²) in [4.78, 5) is 11.7. The molecule has 1 atom stereocenters. The molecule has 1 aliphatic rings. The van der Waals surface area contributed by atoms with Crippen LogP contribution in [0.2, 0.25) is 0 Å². The molecule has 0 heterocycles. The molecule has 1 aliphatic carbocycles. The average molecular weight is 219 g/mol. The molecule has 0 spiro atoms. The number of benzene rings is 1. The van der Waals surface area contributed by atoms with Crippen molar-refractivity contribution in [3.05, 3.63) is 35.9 Å². The van der Waals surface area contributed by atoms with Crippen LogP contribution < -0.4 is 5.73 Å². The van der Waals surface area contributed by atoms with Crippen molar-refractivity contribution in [1.82, 2.24) is 0 Å². The first-order chi connectivity index (χ1) is 7.54. The van der Waals surface area contributed by atoms with Crippen LogP contribution in [0, 0.1) is 0 Å². The van der Waals surface area contributed by atoms with Crippen molar-refractivity contribution in [2.24, 2.45) is 5.73 Å². The minimum absolute atomic E-state index is 0.235. The number of carbonyl (C=O) groups excluding carboxylic acids is 1. The van der Waals surface area contributed by atoms with Crippen LogP contribution in [-0.4, -0.2) is 18.6 Å². The van der Waals surface area contributed by atoms with Crippen LogP contribution in [0.5, 0.6) is 0 Å². The van der Waals surface area contributed by atoms with E-state index in [0.29, 0.717) is 0 Å². The third kappa shape index (κ3) is 1.43. The van der Waals surface area contributed by atoms with Crippen molar-refractivity contribution in [3.63, 3.8) is 0 Å². The Kier molecular flexibility index (Phi) is 2.50. The van der Waals surface area contributed by atoms with E-state index in [4.69, 9.17) is 10.5 Å².